The van der Waals surface area contributed by atoms with E-state index in [1.807, 2.05) is 16.9 Å². The Balaban J connectivity index is 1.93. The van der Waals surface area contributed by atoms with Crippen LogP contribution in [0.2, 0.25) is 0 Å². The lowest BCUT2D eigenvalue weighted by molar-refractivity contribution is 0.390. The maximum Gasteiger partial charge on any atom is 0.326 e. The fraction of sp³-hybridized carbons (Fsp3) is 0.500. The van der Waals surface area contributed by atoms with Crippen LogP contribution in [-0.2, 0) is 23.3 Å². The van der Waals surface area contributed by atoms with Crippen LogP contribution in [0.5, 0.6) is 0 Å². The van der Waals surface area contributed by atoms with Crippen LogP contribution in [0.3, 0.4) is 0 Å². The molecule has 0 saturated heterocycles. The van der Waals surface area contributed by atoms with Crippen LogP contribution in [0.25, 0.3) is 0 Å². The zero-order valence-electron chi connectivity index (χ0n) is 11.5. The molecule has 0 radical (unpaired) electrons. The second kappa shape index (κ2) is 6.02. The van der Waals surface area contributed by atoms with Crippen LogP contribution < -0.4 is 10.0 Å². The van der Waals surface area contributed by atoms with Crippen LogP contribution in [0.4, 0.5) is 0 Å². The first-order valence-electron chi connectivity index (χ1n) is 6.35. The van der Waals surface area contributed by atoms with Gasteiger partial charge in [0.1, 0.15) is 0 Å². The van der Waals surface area contributed by atoms with E-state index in [0.717, 1.165) is 22.3 Å². The van der Waals surface area contributed by atoms with Gasteiger partial charge in [-0.3, -0.25) is 0 Å². The van der Waals surface area contributed by atoms with E-state index in [-0.39, 0.29) is 12.4 Å². The van der Waals surface area contributed by atoms with Crippen molar-refractivity contribution >= 4 is 21.5 Å². The molecule has 1 aromatic rings. The van der Waals surface area contributed by atoms with Gasteiger partial charge in [-0.1, -0.05) is 13.8 Å². The van der Waals surface area contributed by atoms with Crippen molar-refractivity contribution in [3.63, 3.8) is 0 Å². The molecule has 3 N–H and O–H groups in total. The first-order chi connectivity index (χ1) is 9.37. The van der Waals surface area contributed by atoms with Crippen LogP contribution in [-0.4, -0.2) is 24.4 Å². The standard InChI is InChI=1S/C12H19N3O3S2/c1-9(2)5-13-6-10-3-4-11(19-10)7-15-8-12(16)14-20(15,17)18/h3-4,8-9,13-14,16H,5-7H2,1-2H3. The van der Waals surface area contributed by atoms with Crippen molar-refractivity contribution in [1.29, 1.82) is 0 Å². The molecule has 0 amide bonds. The van der Waals surface area contributed by atoms with E-state index in [1.54, 1.807) is 11.3 Å². The van der Waals surface area contributed by atoms with Gasteiger partial charge in [0.2, 0.25) is 5.88 Å². The number of rotatable bonds is 6. The summed E-state index contributed by atoms with van der Waals surface area (Å²) in [6.45, 7) is 6.27. The van der Waals surface area contributed by atoms with Crippen molar-refractivity contribution in [3.05, 3.63) is 34.0 Å². The average molecular weight is 317 g/mol. The number of hydrogen-bond donors (Lipinski definition) is 3. The van der Waals surface area contributed by atoms with Gasteiger partial charge >= 0.3 is 10.2 Å². The average Bonchev–Trinajstić information content (AvgIpc) is 2.84. The Bertz CT molecular complexity index is 593. The van der Waals surface area contributed by atoms with Gasteiger partial charge in [0.25, 0.3) is 0 Å². The topological polar surface area (TPSA) is 81.7 Å². The highest BCUT2D eigenvalue weighted by Gasteiger charge is 2.27. The Labute approximate surface area is 123 Å². The minimum atomic E-state index is -3.62. The molecular weight excluding hydrogens is 298 g/mol. The van der Waals surface area contributed by atoms with Gasteiger partial charge in [0.05, 0.1) is 12.7 Å². The van der Waals surface area contributed by atoms with E-state index < -0.39 is 10.2 Å². The van der Waals surface area contributed by atoms with Gasteiger partial charge in [0, 0.05) is 16.3 Å². The summed E-state index contributed by atoms with van der Waals surface area (Å²) < 4.78 is 26.4. The molecule has 112 valence electrons. The van der Waals surface area contributed by atoms with Gasteiger partial charge in [0.15, 0.2) is 0 Å². The van der Waals surface area contributed by atoms with Crippen molar-refractivity contribution in [1.82, 2.24) is 14.3 Å². The van der Waals surface area contributed by atoms with Crippen molar-refractivity contribution in [2.24, 2.45) is 5.92 Å². The Morgan fingerprint density at radius 2 is 2.10 bits per heavy atom. The summed E-state index contributed by atoms with van der Waals surface area (Å²) in [6.07, 6.45) is 1.19. The molecule has 0 fully saturated rings. The third kappa shape index (κ3) is 3.87. The van der Waals surface area contributed by atoms with E-state index in [9.17, 15) is 13.5 Å². The lowest BCUT2D eigenvalue weighted by atomic mass is 10.2. The summed E-state index contributed by atoms with van der Waals surface area (Å²) in [5.41, 5.74) is 0. The maximum absolute atomic E-state index is 11.6. The molecule has 0 aromatic carbocycles. The molecule has 6 nitrogen and oxygen atoms in total. The van der Waals surface area contributed by atoms with E-state index >= 15 is 0 Å². The highest BCUT2D eigenvalue weighted by molar-refractivity contribution is 7.87. The molecule has 20 heavy (non-hydrogen) atoms. The number of aliphatic hydroxyl groups excluding tert-OH is 1. The van der Waals surface area contributed by atoms with E-state index in [4.69, 9.17) is 0 Å². The van der Waals surface area contributed by atoms with Crippen LogP contribution in [0.1, 0.15) is 23.6 Å². The molecular formula is C12H19N3O3S2. The van der Waals surface area contributed by atoms with Gasteiger partial charge in [-0.2, -0.15) is 8.42 Å². The zero-order valence-corrected chi connectivity index (χ0v) is 13.1. The lowest BCUT2D eigenvalue weighted by Crippen LogP contribution is -2.29. The first kappa shape index (κ1) is 15.1. The van der Waals surface area contributed by atoms with Gasteiger partial charge in [-0.15, -0.1) is 11.3 Å². The monoisotopic (exact) mass is 317 g/mol. The molecule has 0 spiro atoms. The number of nitrogens with one attached hydrogen (secondary N) is 2. The SMILES string of the molecule is CC(C)CNCc1ccc(CN2C=C(O)NS2(=O)=O)s1. The molecule has 2 heterocycles. The molecule has 8 heteroatoms. The second-order valence-electron chi connectivity index (χ2n) is 5.06. The number of thiophene rings is 1. The van der Waals surface area contributed by atoms with E-state index in [1.165, 1.54) is 11.1 Å². The fourth-order valence-electron chi connectivity index (χ4n) is 1.79. The zero-order chi connectivity index (χ0) is 14.8. The van der Waals surface area contributed by atoms with Crippen LogP contribution in [0.15, 0.2) is 24.2 Å². The molecule has 1 aliphatic rings. The molecule has 0 saturated carbocycles. The largest absolute Gasteiger partial charge is 0.493 e. The fourth-order valence-corrected chi connectivity index (χ4v) is 3.84. The van der Waals surface area contributed by atoms with Crippen molar-refractivity contribution in [3.8, 4) is 0 Å². The van der Waals surface area contributed by atoms with Gasteiger partial charge < -0.3 is 10.4 Å². The smallest absolute Gasteiger partial charge is 0.326 e. The molecule has 0 atom stereocenters. The summed E-state index contributed by atoms with van der Waals surface area (Å²) >= 11 is 1.57. The number of nitrogens with zero attached hydrogens (tertiary/aromatic N) is 1. The second-order valence-corrected chi connectivity index (χ2v) is 7.94. The Morgan fingerprint density at radius 3 is 2.70 bits per heavy atom. The van der Waals surface area contributed by atoms with Crippen LogP contribution in [0, 0.1) is 5.92 Å². The highest BCUT2D eigenvalue weighted by Crippen LogP contribution is 2.21. The van der Waals surface area contributed by atoms with Crippen molar-refractivity contribution in [2.45, 2.75) is 26.9 Å². The van der Waals surface area contributed by atoms with Gasteiger partial charge in [-0.25, -0.2) is 9.03 Å². The molecule has 0 aliphatic carbocycles. The lowest BCUT2D eigenvalue weighted by Gasteiger charge is -2.12. The Morgan fingerprint density at radius 1 is 1.40 bits per heavy atom. The summed E-state index contributed by atoms with van der Waals surface area (Å²) in [5, 5.41) is 12.6. The summed E-state index contributed by atoms with van der Waals surface area (Å²) in [7, 11) is -3.62. The van der Waals surface area contributed by atoms with Crippen molar-refractivity contribution < 1.29 is 13.5 Å². The minimum absolute atomic E-state index is 0.230. The van der Waals surface area contributed by atoms with Crippen LogP contribution >= 0.6 is 11.3 Å². The first-order valence-corrected chi connectivity index (χ1v) is 8.61. The number of aliphatic hydroxyl groups is 1. The molecule has 0 bridgehead atoms. The summed E-state index contributed by atoms with van der Waals surface area (Å²) in [6, 6.07) is 3.91. The van der Waals surface area contributed by atoms with E-state index in [0.29, 0.717) is 5.92 Å². The third-order valence-corrected chi connectivity index (χ3v) is 5.08. The molecule has 1 aromatic heterocycles. The normalized spacial score (nSPS) is 17.4. The predicted octanol–water partition coefficient (Wildman–Crippen LogP) is 1.50. The van der Waals surface area contributed by atoms with Gasteiger partial charge in [-0.05, 0) is 24.6 Å². The molecule has 1 aliphatic heterocycles. The minimum Gasteiger partial charge on any atom is -0.493 e. The summed E-state index contributed by atoms with van der Waals surface area (Å²) in [4.78, 5) is 2.10. The quantitative estimate of drug-likeness (QED) is 0.743. The maximum atomic E-state index is 11.6. The molecule has 2 rings (SSSR count). The predicted molar refractivity (Wildman–Crippen MR) is 79.2 cm³/mol. The third-order valence-electron chi connectivity index (χ3n) is 2.69. The van der Waals surface area contributed by atoms with Crippen molar-refractivity contribution in [2.75, 3.05) is 6.54 Å². The summed E-state index contributed by atoms with van der Waals surface area (Å²) in [5.74, 6) is 0.253. The Kier molecular flexibility index (Phi) is 4.56. The number of hydrogen-bond acceptors (Lipinski definition) is 5. The highest BCUT2D eigenvalue weighted by atomic mass is 32.2. The Hall–Kier alpha value is -1.25. The van der Waals surface area contributed by atoms with E-state index in [2.05, 4.69) is 19.2 Å². The molecule has 0 unspecified atom stereocenters.